The zero-order valence-electron chi connectivity index (χ0n) is 19.8. The number of hydrogen-bond acceptors (Lipinski definition) is 5. The summed E-state index contributed by atoms with van der Waals surface area (Å²) in [5, 5.41) is 3.19. The third kappa shape index (κ3) is 5.86. The highest BCUT2D eigenvalue weighted by Crippen LogP contribution is 2.41. The smallest absolute Gasteiger partial charge is 0.243 e. The zero-order chi connectivity index (χ0) is 23.8. The summed E-state index contributed by atoms with van der Waals surface area (Å²) >= 11 is 1.57. The average molecular weight is 477 g/mol. The van der Waals surface area contributed by atoms with Crippen LogP contribution in [-0.4, -0.2) is 32.7 Å². The topological polar surface area (TPSA) is 50.8 Å². The summed E-state index contributed by atoms with van der Waals surface area (Å²) in [5.41, 5.74) is 3.70. The maximum atomic E-state index is 13.3. The molecule has 0 saturated carbocycles. The van der Waals surface area contributed by atoms with Crippen LogP contribution in [0.4, 0.5) is 5.69 Å². The average Bonchev–Trinajstić information content (AvgIpc) is 2.89. The molecule has 4 rings (SSSR count). The highest BCUT2D eigenvalue weighted by atomic mass is 32.2. The van der Waals surface area contributed by atoms with E-state index in [2.05, 4.69) is 52.1 Å². The summed E-state index contributed by atoms with van der Waals surface area (Å²) in [4.78, 5) is 14.2. The van der Waals surface area contributed by atoms with Gasteiger partial charge in [0.05, 0.1) is 19.9 Å². The van der Waals surface area contributed by atoms with E-state index in [4.69, 9.17) is 9.47 Å². The first-order valence-corrected chi connectivity index (χ1v) is 12.6. The van der Waals surface area contributed by atoms with Crippen LogP contribution in [-0.2, 0) is 17.6 Å². The van der Waals surface area contributed by atoms with Crippen LogP contribution in [0.5, 0.6) is 11.5 Å². The number of ether oxygens (including phenoxy) is 2. The second kappa shape index (κ2) is 11.8. The number of nitrogens with zero attached hydrogens (tertiary/aromatic N) is 1. The molecule has 0 bridgehead atoms. The lowest BCUT2D eigenvalue weighted by Crippen LogP contribution is -2.46. The van der Waals surface area contributed by atoms with Crippen LogP contribution < -0.4 is 19.1 Å². The summed E-state index contributed by atoms with van der Waals surface area (Å²) in [6.45, 7) is 0.693. The molecule has 1 aliphatic heterocycles. The molecule has 3 aromatic carbocycles. The number of carbonyl (C=O) groups excluding carboxylic acids is 1. The van der Waals surface area contributed by atoms with Crippen LogP contribution in [0.2, 0.25) is 0 Å². The van der Waals surface area contributed by atoms with Crippen LogP contribution in [0.3, 0.4) is 0 Å². The molecule has 0 aromatic heterocycles. The quantitative estimate of drug-likeness (QED) is 0.302. The molecule has 6 heteroatoms. The molecule has 5 nitrogen and oxygen atoms in total. The number of aryl methyl sites for hydroxylation is 2. The van der Waals surface area contributed by atoms with Gasteiger partial charge in [0.25, 0.3) is 0 Å². The minimum absolute atomic E-state index is 0.0854. The summed E-state index contributed by atoms with van der Waals surface area (Å²) in [5.74, 6) is 1.45. The van der Waals surface area contributed by atoms with Gasteiger partial charge < -0.3 is 14.8 Å². The maximum absolute atomic E-state index is 13.3. The van der Waals surface area contributed by atoms with Crippen molar-refractivity contribution in [3.8, 4) is 11.5 Å². The van der Waals surface area contributed by atoms with Crippen molar-refractivity contribution in [3.05, 3.63) is 83.9 Å². The predicted octanol–water partition coefficient (Wildman–Crippen LogP) is 5.67. The van der Waals surface area contributed by atoms with Gasteiger partial charge in [0.2, 0.25) is 5.91 Å². The number of para-hydroxylation sites is 1. The maximum Gasteiger partial charge on any atom is 0.243 e. The summed E-state index contributed by atoms with van der Waals surface area (Å²) in [6, 6.07) is 24.5. The van der Waals surface area contributed by atoms with E-state index >= 15 is 0 Å². The fourth-order valence-electron chi connectivity index (χ4n) is 4.28. The highest BCUT2D eigenvalue weighted by Gasteiger charge is 2.32. The number of amides is 1. The predicted molar refractivity (Wildman–Crippen MR) is 139 cm³/mol. The normalized spacial score (nSPS) is 14.9. The first-order chi connectivity index (χ1) is 16.7. The fourth-order valence-corrected chi connectivity index (χ4v) is 5.40. The SMILES string of the molecule is COc1ccc(SN2c3ccccc3CCC2C(=O)NCCCCc2ccccc2)cc1OC. The Morgan fingerprint density at radius 2 is 1.74 bits per heavy atom. The summed E-state index contributed by atoms with van der Waals surface area (Å²) in [7, 11) is 3.27. The van der Waals surface area contributed by atoms with Gasteiger partial charge in [0.15, 0.2) is 11.5 Å². The Balaban J connectivity index is 1.42. The lowest BCUT2D eigenvalue weighted by Gasteiger charge is -2.36. The number of fused-ring (bicyclic) bond motifs is 1. The van der Waals surface area contributed by atoms with Crippen LogP contribution in [0.1, 0.15) is 30.4 Å². The third-order valence-corrected chi connectivity index (χ3v) is 7.21. The minimum atomic E-state index is -0.234. The first kappa shape index (κ1) is 24.0. The minimum Gasteiger partial charge on any atom is -0.493 e. The summed E-state index contributed by atoms with van der Waals surface area (Å²) < 4.78 is 13.0. The molecule has 1 aliphatic rings. The summed E-state index contributed by atoms with van der Waals surface area (Å²) in [6.07, 6.45) is 4.74. The van der Waals surface area contributed by atoms with Crippen LogP contribution in [0, 0.1) is 0 Å². The van der Waals surface area contributed by atoms with Crippen molar-refractivity contribution >= 4 is 23.5 Å². The molecule has 0 fully saturated rings. The van der Waals surface area contributed by atoms with E-state index in [9.17, 15) is 4.79 Å². The van der Waals surface area contributed by atoms with E-state index in [1.165, 1.54) is 11.1 Å². The molecule has 0 aliphatic carbocycles. The molecule has 178 valence electrons. The first-order valence-electron chi connectivity index (χ1n) is 11.8. The van der Waals surface area contributed by atoms with Gasteiger partial charge in [0, 0.05) is 11.4 Å². The van der Waals surface area contributed by atoms with Crippen molar-refractivity contribution < 1.29 is 14.3 Å². The lowest BCUT2D eigenvalue weighted by atomic mass is 9.97. The second-order valence-corrected chi connectivity index (χ2v) is 9.40. The van der Waals surface area contributed by atoms with Gasteiger partial charge in [-0.25, -0.2) is 0 Å². The van der Waals surface area contributed by atoms with Crippen molar-refractivity contribution in [2.75, 3.05) is 25.1 Å². The molecular formula is C28H32N2O3S. The third-order valence-electron chi connectivity index (χ3n) is 6.09. The van der Waals surface area contributed by atoms with E-state index in [-0.39, 0.29) is 11.9 Å². The van der Waals surface area contributed by atoms with Gasteiger partial charge in [-0.2, -0.15) is 0 Å². The van der Waals surface area contributed by atoms with Crippen LogP contribution >= 0.6 is 11.9 Å². The van der Waals surface area contributed by atoms with E-state index in [0.29, 0.717) is 18.0 Å². The van der Waals surface area contributed by atoms with Crippen molar-refractivity contribution in [2.24, 2.45) is 0 Å². The van der Waals surface area contributed by atoms with Gasteiger partial charge in [-0.3, -0.25) is 9.10 Å². The number of anilines is 1. The standard InChI is InChI=1S/C28H32N2O3S/c1-32-26-18-16-23(20-27(26)33-2)34-30-24-14-7-6-13-22(24)15-17-25(30)28(31)29-19-9-8-12-21-10-4-3-5-11-21/h3-7,10-11,13-14,16,18,20,25H,8-9,12,15,17,19H2,1-2H3,(H,29,31). The van der Waals surface area contributed by atoms with Crippen molar-refractivity contribution in [2.45, 2.75) is 43.0 Å². The largest absolute Gasteiger partial charge is 0.493 e. The molecule has 1 atom stereocenters. The number of rotatable bonds is 10. The molecule has 1 N–H and O–H groups in total. The zero-order valence-corrected chi connectivity index (χ0v) is 20.6. The number of nitrogens with one attached hydrogen (secondary N) is 1. The van der Waals surface area contributed by atoms with E-state index in [1.54, 1.807) is 26.2 Å². The monoisotopic (exact) mass is 476 g/mol. The number of carbonyl (C=O) groups is 1. The van der Waals surface area contributed by atoms with Crippen molar-refractivity contribution in [1.82, 2.24) is 5.32 Å². The Bertz CT molecular complexity index is 1090. The Hall–Kier alpha value is -3.12. The van der Waals surface area contributed by atoms with Gasteiger partial charge >= 0.3 is 0 Å². The molecule has 0 saturated heterocycles. The molecule has 1 amide bonds. The lowest BCUT2D eigenvalue weighted by molar-refractivity contribution is -0.122. The van der Waals surface area contributed by atoms with Gasteiger partial charge in [0.1, 0.15) is 6.04 Å². The molecule has 0 radical (unpaired) electrons. The fraction of sp³-hybridized carbons (Fsp3) is 0.321. The van der Waals surface area contributed by atoms with Crippen LogP contribution in [0.25, 0.3) is 0 Å². The number of benzene rings is 3. The van der Waals surface area contributed by atoms with Crippen molar-refractivity contribution in [3.63, 3.8) is 0 Å². The Kier molecular flexibility index (Phi) is 8.36. The van der Waals surface area contributed by atoms with E-state index in [0.717, 1.165) is 42.7 Å². The molecule has 3 aromatic rings. The van der Waals surface area contributed by atoms with Crippen LogP contribution in [0.15, 0.2) is 77.7 Å². The molecule has 0 spiro atoms. The molecule has 1 heterocycles. The van der Waals surface area contributed by atoms with E-state index in [1.807, 2.05) is 30.3 Å². The van der Waals surface area contributed by atoms with Gasteiger partial charge in [-0.15, -0.1) is 0 Å². The Labute approximate surface area is 206 Å². The van der Waals surface area contributed by atoms with Gasteiger partial charge in [-0.05, 0) is 79.4 Å². The molecule has 34 heavy (non-hydrogen) atoms. The Morgan fingerprint density at radius 3 is 2.53 bits per heavy atom. The van der Waals surface area contributed by atoms with E-state index < -0.39 is 0 Å². The number of unbranched alkanes of at least 4 members (excludes halogenated alkanes) is 1. The second-order valence-electron chi connectivity index (χ2n) is 8.35. The molecular weight excluding hydrogens is 444 g/mol. The number of methoxy groups -OCH3 is 2. The van der Waals surface area contributed by atoms with Gasteiger partial charge in [-0.1, -0.05) is 48.5 Å². The van der Waals surface area contributed by atoms with Crippen molar-refractivity contribution in [1.29, 1.82) is 0 Å². The molecule has 1 unspecified atom stereocenters. The number of hydrogen-bond donors (Lipinski definition) is 1. The Morgan fingerprint density at radius 1 is 0.971 bits per heavy atom. The highest BCUT2D eigenvalue weighted by molar-refractivity contribution is 8.00.